The number of fused-ring (bicyclic) bond motifs is 2. The van der Waals surface area contributed by atoms with Crippen molar-refractivity contribution in [3.8, 4) is 11.5 Å². The van der Waals surface area contributed by atoms with Gasteiger partial charge in [-0.1, -0.05) is 18.2 Å². The molecule has 2 aliphatic heterocycles. The van der Waals surface area contributed by atoms with Gasteiger partial charge >= 0.3 is 0 Å². The summed E-state index contributed by atoms with van der Waals surface area (Å²) in [5.41, 5.74) is 2.49. The first-order valence-electron chi connectivity index (χ1n) is 10.9. The lowest BCUT2D eigenvalue weighted by Crippen LogP contribution is -2.50. The number of carbonyl (C=O) groups excluding carboxylic acids is 3. The fourth-order valence-corrected chi connectivity index (χ4v) is 5.82. The number of hydrogen-bond acceptors (Lipinski definition) is 6. The van der Waals surface area contributed by atoms with Crippen LogP contribution in [-0.2, 0) is 19.3 Å². The van der Waals surface area contributed by atoms with Gasteiger partial charge in [-0.2, -0.15) is 0 Å². The number of nitrogens with zero attached hydrogens (tertiary/aromatic N) is 2. The Balaban J connectivity index is 1.47. The van der Waals surface area contributed by atoms with Gasteiger partial charge < -0.3 is 14.8 Å². The number of carbonyl (C=O) groups is 3. The molecule has 1 unspecified atom stereocenters. The van der Waals surface area contributed by atoms with E-state index in [2.05, 4.69) is 5.32 Å². The molecule has 0 aliphatic carbocycles. The van der Waals surface area contributed by atoms with E-state index in [-0.39, 0.29) is 30.0 Å². The van der Waals surface area contributed by atoms with Gasteiger partial charge in [0.25, 0.3) is 5.91 Å². The SMILES string of the molecule is COc1ccc(NC(=O)CN2C(=O)C3(SCC(=O)N3c3ccc(OC)cc3)c3ccccc32)cc1. The minimum absolute atomic E-state index is 0.151. The number of benzene rings is 3. The first-order chi connectivity index (χ1) is 17.0. The normalized spacial score (nSPS) is 18.7. The molecule has 1 spiro atoms. The maximum atomic E-state index is 14.0. The summed E-state index contributed by atoms with van der Waals surface area (Å²) in [7, 11) is 3.14. The Morgan fingerprint density at radius 1 is 0.943 bits per heavy atom. The number of para-hydroxylation sites is 1. The molecule has 0 radical (unpaired) electrons. The maximum Gasteiger partial charge on any atom is 0.269 e. The highest BCUT2D eigenvalue weighted by Crippen LogP contribution is 2.55. The number of rotatable bonds is 6. The van der Waals surface area contributed by atoms with Crippen LogP contribution >= 0.6 is 11.8 Å². The fourth-order valence-electron chi connectivity index (χ4n) is 4.46. The van der Waals surface area contributed by atoms with Crippen LogP contribution in [0, 0.1) is 0 Å². The molecule has 2 heterocycles. The maximum absolute atomic E-state index is 14.0. The molecule has 178 valence electrons. The van der Waals surface area contributed by atoms with Crippen molar-refractivity contribution in [1.29, 1.82) is 0 Å². The summed E-state index contributed by atoms with van der Waals surface area (Å²) in [6, 6.07) is 21.3. The van der Waals surface area contributed by atoms with Gasteiger partial charge in [-0.05, 0) is 54.6 Å². The topological polar surface area (TPSA) is 88.2 Å². The third-order valence-corrected chi connectivity index (χ3v) is 7.46. The molecule has 3 amide bonds. The van der Waals surface area contributed by atoms with Crippen LogP contribution < -0.4 is 24.6 Å². The Hall–Kier alpha value is -3.98. The van der Waals surface area contributed by atoms with E-state index in [0.29, 0.717) is 34.1 Å². The number of methoxy groups -OCH3 is 2. The number of amides is 3. The lowest BCUT2D eigenvalue weighted by Gasteiger charge is -2.33. The Labute approximate surface area is 206 Å². The first kappa shape index (κ1) is 22.8. The smallest absolute Gasteiger partial charge is 0.269 e. The second-order valence-corrected chi connectivity index (χ2v) is 9.21. The number of thioether (sulfide) groups is 1. The zero-order valence-electron chi connectivity index (χ0n) is 19.2. The van der Waals surface area contributed by atoms with E-state index in [9.17, 15) is 14.4 Å². The summed E-state index contributed by atoms with van der Waals surface area (Å²) in [5, 5.41) is 2.83. The molecule has 1 atom stereocenters. The summed E-state index contributed by atoms with van der Waals surface area (Å²) in [6.07, 6.45) is 0. The first-order valence-corrected chi connectivity index (χ1v) is 11.9. The standard InChI is InChI=1S/C26H23N3O5S/c1-33-19-11-7-17(8-12-19)27-23(30)15-28-22-6-4-3-5-21(22)26(25(28)32)29(24(31)16-35-26)18-9-13-20(34-2)14-10-18/h3-14H,15-16H2,1-2H3,(H,27,30). The fraction of sp³-hybridized carbons (Fsp3) is 0.192. The van der Waals surface area contributed by atoms with E-state index in [4.69, 9.17) is 9.47 Å². The minimum Gasteiger partial charge on any atom is -0.497 e. The van der Waals surface area contributed by atoms with E-state index in [0.717, 1.165) is 0 Å². The van der Waals surface area contributed by atoms with Gasteiger partial charge in [-0.3, -0.25) is 24.2 Å². The van der Waals surface area contributed by atoms with Crippen molar-refractivity contribution >= 4 is 46.5 Å². The summed E-state index contributed by atoms with van der Waals surface area (Å²) in [6.45, 7) is -0.186. The summed E-state index contributed by atoms with van der Waals surface area (Å²) in [4.78, 5) is 41.7. The Kier molecular flexibility index (Phi) is 5.86. The van der Waals surface area contributed by atoms with Gasteiger partial charge in [0.05, 0.1) is 25.7 Å². The van der Waals surface area contributed by atoms with Gasteiger partial charge in [0, 0.05) is 16.9 Å². The van der Waals surface area contributed by atoms with Gasteiger partial charge in [-0.25, -0.2) is 0 Å². The number of hydrogen-bond donors (Lipinski definition) is 1. The lowest BCUT2D eigenvalue weighted by atomic mass is 10.0. The van der Waals surface area contributed by atoms with Crippen molar-refractivity contribution in [2.45, 2.75) is 4.87 Å². The predicted molar refractivity (Wildman–Crippen MR) is 135 cm³/mol. The van der Waals surface area contributed by atoms with Crippen LogP contribution in [0.4, 0.5) is 17.1 Å². The van der Waals surface area contributed by atoms with E-state index in [1.165, 1.54) is 16.7 Å². The molecule has 35 heavy (non-hydrogen) atoms. The quantitative estimate of drug-likeness (QED) is 0.569. The number of nitrogens with one attached hydrogen (secondary N) is 1. The Morgan fingerprint density at radius 3 is 2.23 bits per heavy atom. The molecule has 0 saturated carbocycles. The molecule has 0 aromatic heterocycles. The van der Waals surface area contributed by atoms with Gasteiger partial charge in [0.1, 0.15) is 18.0 Å². The zero-order valence-corrected chi connectivity index (χ0v) is 20.0. The molecule has 1 N–H and O–H groups in total. The summed E-state index contributed by atoms with van der Waals surface area (Å²) in [5.74, 6) is 0.633. The van der Waals surface area contributed by atoms with Crippen LogP contribution in [0.5, 0.6) is 11.5 Å². The molecule has 2 aliphatic rings. The third kappa shape index (κ3) is 3.77. The van der Waals surface area contributed by atoms with E-state index in [1.54, 1.807) is 73.7 Å². The monoisotopic (exact) mass is 489 g/mol. The average Bonchev–Trinajstić information content (AvgIpc) is 3.35. The highest BCUT2D eigenvalue weighted by molar-refractivity contribution is 8.02. The van der Waals surface area contributed by atoms with Crippen molar-refractivity contribution in [1.82, 2.24) is 0 Å². The van der Waals surface area contributed by atoms with Crippen LogP contribution in [0.1, 0.15) is 5.56 Å². The predicted octanol–water partition coefficient (Wildman–Crippen LogP) is 3.62. The minimum atomic E-state index is -1.28. The van der Waals surface area contributed by atoms with E-state index < -0.39 is 4.87 Å². The van der Waals surface area contributed by atoms with Gasteiger partial charge in [0.2, 0.25) is 16.7 Å². The van der Waals surface area contributed by atoms with Gasteiger partial charge in [0.15, 0.2) is 0 Å². The molecule has 0 bridgehead atoms. The molecule has 1 saturated heterocycles. The van der Waals surface area contributed by atoms with Crippen LogP contribution in [0.25, 0.3) is 0 Å². The zero-order chi connectivity index (χ0) is 24.6. The number of anilines is 3. The molecule has 1 fully saturated rings. The van der Waals surface area contributed by atoms with Gasteiger partial charge in [-0.15, -0.1) is 11.8 Å². The summed E-state index contributed by atoms with van der Waals surface area (Å²) < 4.78 is 10.4. The molecule has 9 heteroatoms. The van der Waals surface area contributed by atoms with E-state index in [1.807, 2.05) is 18.2 Å². The van der Waals surface area contributed by atoms with Crippen molar-refractivity contribution in [3.05, 3.63) is 78.4 Å². The third-order valence-electron chi connectivity index (χ3n) is 6.07. The van der Waals surface area contributed by atoms with Crippen molar-refractivity contribution in [3.63, 3.8) is 0 Å². The molecular formula is C26H23N3O5S. The summed E-state index contributed by atoms with van der Waals surface area (Å²) >= 11 is 1.27. The highest BCUT2D eigenvalue weighted by atomic mass is 32.2. The number of ether oxygens (including phenoxy) is 2. The van der Waals surface area contributed by atoms with Crippen LogP contribution in [0.15, 0.2) is 72.8 Å². The average molecular weight is 490 g/mol. The highest BCUT2D eigenvalue weighted by Gasteiger charge is 2.61. The second-order valence-electron chi connectivity index (χ2n) is 8.04. The molecule has 5 rings (SSSR count). The molecule has 3 aromatic carbocycles. The lowest BCUT2D eigenvalue weighted by molar-refractivity contribution is -0.124. The Bertz CT molecular complexity index is 1300. The van der Waals surface area contributed by atoms with E-state index >= 15 is 0 Å². The Morgan fingerprint density at radius 2 is 1.57 bits per heavy atom. The molecule has 8 nitrogen and oxygen atoms in total. The van der Waals surface area contributed by atoms with Crippen LogP contribution in [-0.4, -0.2) is 44.2 Å². The van der Waals surface area contributed by atoms with Crippen molar-refractivity contribution in [2.24, 2.45) is 0 Å². The van der Waals surface area contributed by atoms with Crippen LogP contribution in [0.3, 0.4) is 0 Å². The second kappa shape index (κ2) is 8.99. The molecular weight excluding hydrogens is 466 g/mol. The van der Waals surface area contributed by atoms with Crippen molar-refractivity contribution in [2.75, 3.05) is 41.6 Å². The van der Waals surface area contributed by atoms with Crippen LogP contribution in [0.2, 0.25) is 0 Å². The largest absolute Gasteiger partial charge is 0.497 e. The molecule has 3 aromatic rings. The van der Waals surface area contributed by atoms with Crippen molar-refractivity contribution < 1.29 is 23.9 Å².